The summed E-state index contributed by atoms with van der Waals surface area (Å²) >= 11 is 3.10. The lowest BCUT2D eigenvalue weighted by Crippen LogP contribution is -2.68. The van der Waals surface area contributed by atoms with Crippen molar-refractivity contribution < 1.29 is 14.3 Å². The summed E-state index contributed by atoms with van der Waals surface area (Å²) < 4.78 is 8.35. The number of hydrogen-bond donors (Lipinski definition) is 1. The molecule has 2 N–H and O–H groups in total. The van der Waals surface area contributed by atoms with Crippen LogP contribution in [0.15, 0.2) is 175 Å². The molecule has 7 nitrogen and oxygen atoms in total. The van der Waals surface area contributed by atoms with Gasteiger partial charge in [0.15, 0.2) is 6.10 Å². The van der Waals surface area contributed by atoms with Crippen LogP contribution in [0.1, 0.15) is 39.5 Å². The topological polar surface area (TPSA) is 90.5 Å². The Labute approximate surface area is 311 Å². The molecule has 5 aromatic carbocycles. The fraction of sp³-hybridized carbons (Fsp3) is 0.140. The van der Waals surface area contributed by atoms with Gasteiger partial charge in [-0.1, -0.05) is 152 Å². The number of thioether (sulfide) groups is 2. The molecule has 0 radical (unpaired) electrons. The second-order valence-corrected chi connectivity index (χ2v) is 14.9. The van der Waals surface area contributed by atoms with Gasteiger partial charge in [0.1, 0.15) is 22.7 Å². The number of amides is 1. The van der Waals surface area contributed by atoms with E-state index in [4.69, 9.17) is 15.6 Å². The number of β-lactam (4-membered cyclic amide) rings is 1. The van der Waals surface area contributed by atoms with E-state index in [2.05, 4.69) is 79.0 Å². The molecule has 1 amide bonds. The number of esters is 1. The number of benzene rings is 5. The van der Waals surface area contributed by atoms with Crippen LogP contribution in [0, 0.1) is 0 Å². The third kappa shape index (κ3) is 6.15. The van der Waals surface area contributed by atoms with Crippen molar-refractivity contribution in [2.75, 3.05) is 5.75 Å². The van der Waals surface area contributed by atoms with E-state index in [1.807, 2.05) is 89.7 Å². The molecule has 1 saturated heterocycles. The summed E-state index contributed by atoms with van der Waals surface area (Å²) in [4.78, 5) is 29.8. The van der Waals surface area contributed by atoms with E-state index in [9.17, 15) is 9.59 Å². The predicted molar refractivity (Wildman–Crippen MR) is 207 cm³/mol. The highest BCUT2D eigenvalue weighted by Crippen LogP contribution is 2.45. The number of fused-ring (bicyclic) bond motifs is 1. The van der Waals surface area contributed by atoms with Gasteiger partial charge in [0.05, 0.1) is 6.20 Å². The SMILES string of the molecule is N[C@@H]1C(=O)N2C(C(=O)OC(c3ccccc3)c3ccccc3)=C(SCc3cnn(C(c4ccccc4)(c4ccccc4)c4ccccc4)c3)CS[C@@H]12. The van der Waals surface area contributed by atoms with Gasteiger partial charge in [0.2, 0.25) is 5.91 Å². The molecule has 2 aliphatic heterocycles. The molecule has 258 valence electrons. The Morgan fingerprint density at radius 3 is 1.77 bits per heavy atom. The average Bonchev–Trinajstić information content (AvgIpc) is 3.69. The minimum Gasteiger partial charge on any atom is -0.448 e. The number of carbonyl (C=O) groups excluding carboxylic acids is 2. The van der Waals surface area contributed by atoms with E-state index < -0.39 is 23.7 Å². The summed E-state index contributed by atoms with van der Waals surface area (Å²) in [6, 6.07) is 49.9. The molecule has 9 heteroatoms. The van der Waals surface area contributed by atoms with Crippen LogP contribution >= 0.6 is 23.5 Å². The van der Waals surface area contributed by atoms with E-state index >= 15 is 0 Å². The summed E-state index contributed by atoms with van der Waals surface area (Å²) in [5, 5.41) is 4.70. The highest BCUT2D eigenvalue weighted by atomic mass is 32.2. The highest BCUT2D eigenvalue weighted by Gasteiger charge is 2.52. The van der Waals surface area contributed by atoms with Crippen molar-refractivity contribution in [2.45, 2.75) is 28.8 Å². The van der Waals surface area contributed by atoms with Gasteiger partial charge in [0.25, 0.3) is 0 Å². The number of nitrogens with zero attached hydrogens (tertiary/aromatic N) is 3. The van der Waals surface area contributed by atoms with E-state index in [-0.39, 0.29) is 17.0 Å². The summed E-state index contributed by atoms with van der Waals surface area (Å²) in [5.41, 5.74) is 11.7. The fourth-order valence-electron chi connectivity index (χ4n) is 7.06. The van der Waals surface area contributed by atoms with Crippen LogP contribution in [0.2, 0.25) is 0 Å². The van der Waals surface area contributed by atoms with Crippen molar-refractivity contribution in [1.29, 1.82) is 0 Å². The number of aromatic nitrogens is 2. The predicted octanol–water partition coefficient (Wildman–Crippen LogP) is 7.74. The van der Waals surface area contributed by atoms with Gasteiger partial charge in [-0.2, -0.15) is 5.10 Å². The number of carbonyl (C=O) groups is 2. The Kier molecular flexibility index (Phi) is 9.56. The first-order valence-electron chi connectivity index (χ1n) is 17.1. The maximum absolute atomic E-state index is 14.3. The number of ether oxygens (including phenoxy) is 1. The van der Waals surface area contributed by atoms with Crippen LogP contribution in [-0.4, -0.2) is 43.7 Å². The molecule has 0 spiro atoms. The molecular weight excluding hydrogens is 685 g/mol. The average molecular weight is 721 g/mol. The van der Waals surface area contributed by atoms with Crippen molar-refractivity contribution >= 4 is 35.4 Å². The van der Waals surface area contributed by atoms with Crippen molar-refractivity contribution in [2.24, 2.45) is 5.73 Å². The fourth-order valence-corrected chi connectivity index (χ4v) is 9.55. The van der Waals surface area contributed by atoms with Crippen LogP contribution in [-0.2, 0) is 25.6 Å². The van der Waals surface area contributed by atoms with Crippen LogP contribution in [0.3, 0.4) is 0 Å². The van der Waals surface area contributed by atoms with Gasteiger partial charge in [0, 0.05) is 28.2 Å². The third-order valence-corrected chi connectivity index (χ3v) is 12.2. The van der Waals surface area contributed by atoms with Crippen LogP contribution in [0.4, 0.5) is 0 Å². The molecule has 1 fully saturated rings. The molecule has 8 rings (SSSR count). The summed E-state index contributed by atoms with van der Waals surface area (Å²) in [5.74, 6) is 0.247. The molecule has 1 aromatic heterocycles. The zero-order chi connectivity index (χ0) is 35.5. The van der Waals surface area contributed by atoms with Crippen LogP contribution < -0.4 is 5.73 Å². The van der Waals surface area contributed by atoms with E-state index in [0.29, 0.717) is 11.5 Å². The smallest absolute Gasteiger partial charge is 0.356 e. The van der Waals surface area contributed by atoms with Gasteiger partial charge >= 0.3 is 5.97 Å². The van der Waals surface area contributed by atoms with Gasteiger partial charge in [-0.3, -0.25) is 14.4 Å². The van der Waals surface area contributed by atoms with Gasteiger partial charge in [-0.25, -0.2) is 4.79 Å². The normalized spacial score (nSPS) is 17.1. The van der Waals surface area contributed by atoms with E-state index in [0.717, 1.165) is 38.3 Å². The number of nitrogens with two attached hydrogens (primary N) is 1. The van der Waals surface area contributed by atoms with Crippen molar-refractivity contribution in [3.63, 3.8) is 0 Å². The second-order valence-electron chi connectivity index (χ2n) is 12.7. The quantitative estimate of drug-likeness (QED) is 0.0832. The molecule has 0 bridgehead atoms. The largest absolute Gasteiger partial charge is 0.448 e. The lowest BCUT2D eigenvalue weighted by atomic mass is 9.77. The Morgan fingerprint density at radius 2 is 1.27 bits per heavy atom. The Bertz CT molecular complexity index is 2060. The van der Waals surface area contributed by atoms with Crippen molar-refractivity contribution in [1.82, 2.24) is 14.7 Å². The summed E-state index contributed by atoms with van der Waals surface area (Å²) in [6.07, 6.45) is 3.33. The molecule has 2 atom stereocenters. The minimum absolute atomic E-state index is 0.274. The molecule has 2 aliphatic rings. The maximum Gasteiger partial charge on any atom is 0.356 e. The zero-order valence-electron chi connectivity index (χ0n) is 28.2. The van der Waals surface area contributed by atoms with Crippen LogP contribution in [0.5, 0.6) is 0 Å². The Morgan fingerprint density at radius 1 is 0.788 bits per heavy atom. The van der Waals surface area contributed by atoms with Gasteiger partial charge in [-0.15, -0.1) is 23.5 Å². The van der Waals surface area contributed by atoms with Gasteiger partial charge in [-0.05, 0) is 27.8 Å². The van der Waals surface area contributed by atoms with E-state index in [1.165, 1.54) is 16.7 Å². The van der Waals surface area contributed by atoms with E-state index in [1.54, 1.807) is 11.8 Å². The van der Waals surface area contributed by atoms with Gasteiger partial charge < -0.3 is 10.5 Å². The Hall–Kier alpha value is -5.35. The third-order valence-electron chi connectivity index (χ3n) is 9.56. The molecule has 6 aromatic rings. The molecular formula is C43H36N4O3S2. The zero-order valence-corrected chi connectivity index (χ0v) is 29.8. The van der Waals surface area contributed by atoms with Crippen molar-refractivity contribution in [3.05, 3.63) is 208 Å². The summed E-state index contributed by atoms with van der Waals surface area (Å²) in [6.45, 7) is 0. The first-order chi connectivity index (χ1) is 25.6. The number of rotatable bonds is 11. The van der Waals surface area contributed by atoms with Crippen LogP contribution in [0.25, 0.3) is 0 Å². The Balaban J connectivity index is 1.14. The monoisotopic (exact) mass is 720 g/mol. The lowest BCUT2D eigenvalue weighted by molar-refractivity contribution is -0.152. The lowest BCUT2D eigenvalue weighted by Gasteiger charge is -2.48. The number of hydrogen-bond acceptors (Lipinski definition) is 7. The molecule has 3 heterocycles. The standard InChI is InChI=1S/C43H36N4O3S2/c44-37-40(48)47-38(42(49)50-39(31-16-6-1-7-17-31)32-18-8-2-9-19-32)36(29-52-41(37)47)51-28-30-26-45-46(27-30)43(33-20-10-3-11-21-33,34-22-12-4-13-23-34)35-24-14-5-15-25-35/h1-27,37,39,41H,28-29,44H2/t37-,41+/m1/s1. The molecule has 0 saturated carbocycles. The first-order valence-corrected chi connectivity index (χ1v) is 19.2. The van der Waals surface area contributed by atoms with Crippen molar-refractivity contribution in [3.8, 4) is 0 Å². The maximum atomic E-state index is 14.3. The molecule has 0 aliphatic carbocycles. The summed E-state index contributed by atoms with van der Waals surface area (Å²) in [7, 11) is 0. The highest BCUT2D eigenvalue weighted by molar-refractivity contribution is 8.05. The first kappa shape index (κ1) is 33.8. The molecule has 0 unspecified atom stereocenters. The molecule has 52 heavy (non-hydrogen) atoms. The minimum atomic E-state index is -0.737. The second kappa shape index (κ2) is 14.7.